The van der Waals surface area contributed by atoms with Crippen molar-refractivity contribution in [1.82, 2.24) is 9.44 Å². The molecule has 0 unspecified atom stereocenters. The second-order valence-corrected chi connectivity index (χ2v) is 15.6. The van der Waals surface area contributed by atoms with E-state index in [0.717, 1.165) is 46.4 Å². The standard InChI is InChI=1S/C33H38N4O6S2/c1-32(2)24-16-12-14-18-26(24)36(22-30(38)34-44(5,40)41)28(32)20-10-8-7-9-11-21-29-33(3,4)25-17-13-15-19-27(25)37(29)23-31(39)35-45(6,42)43/h7-21H,22-23H2,1-6H3,(H-,34,35,38,39)/p+1. The SMILES string of the molecule is CC1(C)C(=CC=CC=CC=CC2=[N+](CC(=O)NS(C)(=O)=O)c3ccccc3C2(C)C)N(CC(=O)NS(C)(=O)=O)c2ccccc21. The quantitative estimate of drug-likeness (QED) is 0.297. The van der Waals surface area contributed by atoms with Gasteiger partial charge in [-0.25, -0.2) is 21.6 Å². The number of hydrogen-bond donors (Lipinski definition) is 2. The molecule has 12 heteroatoms. The summed E-state index contributed by atoms with van der Waals surface area (Å²) in [4.78, 5) is 26.9. The highest BCUT2D eigenvalue weighted by Gasteiger charge is 2.45. The lowest BCUT2D eigenvalue weighted by Crippen LogP contribution is -2.39. The maximum Gasteiger partial charge on any atom is 0.299 e. The maximum atomic E-state index is 12.5. The second kappa shape index (κ2) is 12.6. The summed E-state index contributed by atoms with van der Waals surface area (Å²) < 4.78 is 52.4. The van der Waals surface area contributed by atoms with Crippen LogP contribution in [0.5, 0.6) is 0 Å². The first-order valence-corrected chi connectivity index (χ1v) is 18.0. The van der Waals surface area contributed by atoms with Gasteiger partial charge >= 0.3 is 0 Å². The van der Waals surface area contributed by atoms with Gasteiger partial charge in [0.1, 0.15) is 6.54 Å². The summed E-state index contributed by atoms with van der Waals surface area (Å²) in [6, 6.07) is 15.5. The molecule has 2 N–H and O–H groups in total. The van der Waals surface area contributed by atoms with Gasteiger partial charge in [0.15, 0.2) is 5.71 Å². The van der Waals surface area contributed by atoms with Gasteiger partial charge in [0.25, 0.3) is 11.8 Å². The smallest absolute Gasteiger partial charge is 0.299 e. The predicted molar refractivity (Wildman–Crippen MR) is 178 cm³/mol. The van der Waals surface area contributed by atoms with Crippen molar-refractivity contribution in [2.75, 3.05) is 30.5 Å². The van der Waals surface area contributed by atoms with Gasteiger partial charge in [-0.3, -0.25) is 14.3 Å². The Morgan fingerprint density at radius 3 is 1.98 bits per heavy atom. The number of rotatable bonds is 10. The third kappa shape index (κ3) is 7.69. The number of fused-ring (bicyclic) bond motifs is 2. The highest BCUT2D eigenvalue weighted by atomic mass is 32.2. The van der Waals surface area contributed by atoms with Crippen LogP contribution >= 0.6 is 0 Å². The van der Waals surface area contributed by atoms with Crippen LogP contribution in [0.15, 0.2) is 96.8 Å². The zero-order valence-electron chi connectivity index (χ0n) is 26.2. The monoisotopic (exact) mass is 651 g/mol. The largest absolute Gasteiger partial charge is 0.335 e. The molecule has 0 aromatic heterocycles. The number of anilines is 1. The van der Waals surface area contributed by atoms with Crippen molar-refractivity contribution in [1.29, 1.82) is 0 Å². The second-order valence-electron chi connectivity index (χ2n) is 12.1. The van der Waals surface area contributed by atoms with Gasteiger partial charge in [0, 0.05) is 34.5 Å². The van der Waals surface area contributed by atoms with Crippen LogP contribution in [0.2, 0.25) is 0 Å². The summed E-state index contributed by atoms with van der Waals surface area (Å²) in [5.74, 6) is -1.25. The third-order valence-corrected chi connectivity index (χ3v) is 8.95. The number of para-hydroxylation sites is 2. The van der Waals surface area contributed by atoms with Gasteiger partial charge in [-0.15, -0.1) is 0 Å². The average molecular weight is 652 g/mol. The summed E-state index contributed by atoms with van der Waals surface area (Å²) >= 11 is 0. The van der Waals surface area contributed by atoms with Gasteiger partial charge in [-0.05, 0) is 31.6 Å². The Kier molecular flexibility index (Phi) is 9.41. The molecule has 0 aliphatic carbocycles. The summed E-state index contributed by atoms with van der Waals surface area (Å²) in [5.41, 5.74) is 4.58. The maximum absolute atomic E-state index is 12.5. The van der Waals surface area contributed by atoms with E-state index in [2.05, 4.69) is 27.7 Å². The Morgan fingerprint density at radius 1 is 0.756 bits per heavy atom. The number of amides is 2. The van der Waals surface area contributed by atoms with E-state index in [-0.39, 0.29) is 13.1 Å². The molecule has 0 spiro atoms. The topological polar surface area (TPSA) is 133 Å². The number of benzene rings is 2. The number of nitrogens with zero attached hydrogens (tertiary/aromatic N) is 2. The number of carbonyl (C=O) groups is 2. The number of allylic oxidation sites excluding steroid dienone is 8. The predicted octanol–water partition coefficient (Wildman–Crippen LogP) is 3.56. The van der Waals surface area contributed by atoms with Crippen LogP contribution in [0.4, 0.5) is 11.4 Å². The van der Waals surface area contributed by atoms with Gasteiger partial charge in [0.05, 0.1) is 17.9 Å². The van der Waals surface area contributed by atoms with Gasteiger partial charge < -0.3 is 4.90 Å². The molecule has 0 atom stereocenters. The molecule has 10 nitrogen and oxygen atoms in total. The molecular formula is C33H39N4O6S2+. The molecule has 45 heavy (non-hydrogen) atoms. The highest BCUT2D eigenvalue weighted by molar-refractivity contribution is 7.89. The summed E-state index contributed by atoms with van der Waals surface area (Å²) in [7, 11) is -7.38. The van der Waals surface area contributed by atoms with Crippen LogP contribution in [-0.4, -0.2) is 64.5 Å². The van der Waals surface area contributed by atoms with Crippen LogP contribution in [-0.2, 0) is 40.5 Å². The molecule has 238 valence electrons. The van der Waals surface area contributed by atoms with Crippen LogP contribution < -0.4 is 14.3 Å². The molecule has 0 fully saturated rings. The van der Waals surface area contributed by atoms with E-state index in [9.17, 15) is 26.4 Å². The van der Waals surface area contributed by atoms with Gasteiger partial charge in [0.2, 0.25) is 32.3 Å². The van der Waals surface area contributed by atoms with Crippen LogP contribution in [0.3, 0.4) is 0 Å². The first-order valence-electron chi connectivity index (χ1n) is 14.3. The zero-order valence-corrected chi connectivity index (χ0v) is 27.9. The fourth-order valence-corrected chi connectivity index (χ4v) is 6.83. The van der Waals surface area contributed by atoms with E-state index >= 15 is 0 Å². The van der Waals surface area contributed by atoms with Crippen molar-refractivity contribution in [3.05, 3.63) is 108 Å². The van der Waals surface area contributed by atoms with E-state index in [1.165, 1.54) is 0 Å². The highest BCUT2D eigenvalue weighted by Crippen LogP contribution is 2.47. The lowest BCUT2D eigenvalue weighted by molar-refractivity contribution is -0.425. The number of nitrogens with one attached hydrogen (secondary N) is 2. The fraction of sp³-hybridized carbons (Fsp3) is 0.303. The van der Waals surface area contributed by atoms with E-state index in [0.29, 0.717) is 0 Å². The Balaban J connectivity index is 1.57. The molecule has 0 bridgehead atoms. The normalized spacial score (nSPS) is 18.3. The Labute approximate surface area is 265 Å². The van der Waals surface area contributed by atoms with Gasteiger partial charge in [-0.2, -0.15) is 4.58 Å². The molecule has 4 rings (SSSR count). The molecule has 0 saturated heterocycles. The molecule has 0 saturated carbocycles. The zero-order chi connectivity index (χ0) is 33.2. The van der Waals surface area contributed by atoms with E-state index in [4.69, 9.17) is 0 Å². The van der Waals surface area contributed by atoms with Crippen LogP contribution in [0.1, 0.15) is 38.8 Å². The fourth-order valence-electron chi connectivity index (χ4n) is 5.87. The molecule has 2 amide bonds. The summed E-state index contributed by atoms with van der Waals surface area (Å²) in [6.07, 6.45) is 15.0. The molecular weight excluding hydrogens is 613 g/mol. The molecule has 2 aromatic carbocycles. The van der Waals surface area contributed by atoms with E-state index < -0.39 is 42.7 Å². The Bertz CT molecular complexity index is 1900. The van der Waals surface area contributed by atoms with Crippen molar-refractivity contribution in [2.45, 2.75) is 38.5 Å². The minimum Gasteiger partial charge on any atom is -0.335 e. The first kappa shape index (κ1) is 33.6. The minimum atomic E-state index is -3.69. The van der Waals surface area contributed by atoms with E-state index in [1.807, 2.05) is 110 Å². The summed E-state index contributed by atoms with van der Waals surface area (Å²) in [5, 5.41) is 0. The first-order chi connectivity index (χ1) is 20.9. The third-order valence-electron chi connectivity index (χ3n) is 7.75. The molecule has 2 heterocycles. The van der Waals surface area contributed by atoms with Crippen molar-refractivity contribution < 1.29 is 31.0 Å². The Hall–Kier alpha value is -4.29. The molecule has 2 aliphatic rings. The van der Waals surface area contributed by atoms with Crippen LogP contribution in [0, 0.1) is 0 Å². The van der Waals surface area contributed by atoms with Crippen molar-refractivity contribution in [2.24, 2.45) is 0 Å². The van der Waals surface area contributed by atoms with Crippen molar-refractivity contribution >= 4 is 48.9 Å². The molecule has 0 radical (unpaired) electrons. The van der Waals surface area contributed by atoms with E-state index in [1.54, 1.807) is 0 Å². The molecule has 2 aliphatic heterocycles. The van der Waals surface area contributed by atoms with Crippen molar-refractivity contribution in [3.8, 4) is 0 Å². The number of sulfonamides is 2. The van der Waals surface area contributed by atoms with Crippen LogP contribution in [0.25, 0.3) is 0 Å². The minimum absolute atomic E-state index is 0.152. The summed E-state index contributed by atoms with van der Waals surface area (Å²) in [6.45, 7) is 7.92. The average Bonchev–Trinajstić information content (AvgIpc) is 3.25. The lowest BCUT2D eigenvalue weighted by Gasteiger charge is -2.26. The number of carbonyl (C=O) groups excluding carboxylic acids is 2. The molecule has 2 aromatic rings. The number of hydrogen-bond acceptors (Lipinski definition) is 7. The van der Waals surface area contributed by atoms with Gasteiger partial charge in [-0.1, -0.05) is 80.6 Å². The lowest BCUT2D eigenvalue weighted by atomic mass is 9.81. The Morgan fingerprint density at radius 2 is 1.31 bits per heavy atom. The van der Waals surface area contributed by atoms with Crippen molar-refractivity contribution in [3.63, 3.8) is 0 Å².